The van der Waals surface area contributed by atoms with Crippen molar-refractivity contribution in [3.63, 3.8) is 0 Å². The molecule has 29 heavy (non-hydrogen) atoms. The van der Waals surface area contributed by atoms with Crippen LogP contribution in [0.5, 0.6) is 11.5 Å². The third kappa shape index (κ3) is 3.35. The molecule has 7 nitrogen and oxygen atoms in total. The predicted octanol–water partition coefficient (Wildman–Crippen LogP) is 4.23. The number of pyridine rings is 1. The van der Waals surface area contributed by atoms with Gasteiger partial charge in [-0.05, 0) is 49.7 Å². The Balaban J connectivity index is 1.77. The Morgan fingerprint density at radius 3 is 2.59 bits per heavy atom. The molecule has 0 amide bonds. The van der Waals surface area contributed by atoms with Crippen LogP contribution in [0.15, 0.2) is 57.8 Å². The standard InChI is InChI=1S/C22H21N3O4/c1-3-13-28-15-11-9-14(10-12-15)20-23-21(29-24-20)18-19(26)16-7-5-6-8-17(16)25(4-2)22(18)27/h5-12,26H,3-4,13H2,1-2H3. The van der Waals surface area contributed by atoms with Crippen LogP contribution in [-0.4, -0.2) is 26.4 Å². The fourth-order valence-corrected chi connectivity index (χ4v) is 3.26. The van der Waals surface area contributed by atoms with Crippen molar-refractivity contribution in [2.75, 3.05) is 6.61 Å². The minimum Gasteiger partial charge on any atom is -0.506 e. The Labute approximate surface area is 167 Å². The first-order valence-electron chi connectivity index (χ1n) is 9.55. The van der Waals surface area contributed by atoms with Crippen LogP contribution in [0, 0.1) is 0 Å². The van der Waals surface area contributed by atoms with E-state index >= 15 is 0 Å². The molecule has 2 heterocycles. The van der Waals surface area contributed by atoms with Crippen molar-refractivity contribution in [2.24, 2.45) is 0 Å². The van der Waals surface area contributed by atoms with Gasteiger partial charge < -0.3 is 18.9 Å². The van der Waals surface area contributed by atoms with E-state index in [1.54, 1.807) is 22.8 Å². The van der Waals surface area contributed by atoms with Crippen LogP contribution in [0.1, 0.15) is 20.3 Å². The van der Waals surface area contributed by atoms with E-state index < -0.39 is 0 Å². The highest BCUT2D eigenvalue weighted by Gasteiger charge is 2.22. The van der Waals surface area contributed by atoms with Crippen LogP contribution >= 0.6 is 0 Å². The van der Waals surface area contributed by atoms with Gasteiger partial charge in [-0.25, -0.2) is 0 Å². The summed E-state index contributed by atoms with van der Waals surface area (Å²) in [4.78, 5) is 17.3. The zero-order valence-corrected chi connectivity index (χ0v) is 16.3. The van der Waals surface area contributed by atoms with Gasteiger partial charge in [0.15, 0.2) is 0 Å². The molecule has 0 saturated carbocycles. The fourth-order valence-electron chi connectivity index (χ4n) is 3.26. The van der Waals surface area contributed by atoms with E-state index in [0.717, 1.165) is 17.7 Å². The number of aromatic nitrogens is 3. The van der Waals surface area contributed by atoms with Crippen molar-refractivity contribution >= 4 is 10.9 Å². The summed E-state index contributed by atoms with van der Waals surface area (Å²) in [5.41, 5.74) is 1.01. The van der Waals surface area contributed by atoms with Crippen LogP contribution in [0.4, 0.5) is 0 Å². The Morgan fingerprint density at radius 1 is 1.10 bits per heavy atom. The van der Waals surface area contributed by atoms with E-state index in [1.807, 2.05) is 44.2 Å². The molecule has 2 aromatic heterocycles. The van der Waals surface area contributed by atoms with Crippen LogP contribution in [-0.2, 0) is 6.54 Å². The summed E-state index contributed by atoms with van der Waals surface area (Å²) in [6.45, 7) is 5.02. The molecule has 0 atom stereocenters. The first-order chi connectivity index (χ1) is 14.1. The van der Waals surface area contributed by atoms with Gasteiger partial charge in [0.2, 0.25) is 5.82 Å². The lowest BCUT2D eigenvalue weighted by Gasteiger charge is -2.11. The Bertz CT molecular complexity index is 1210. The van der Waals surface area contributed by atoms with Gasteiger partial charge in [0.05, 0.1) is 12.1 Å². The number of benzene rings is 2. The third-order valence-electron chi connectivity index (χ3n) is 4.69. The number of fused-ring (bicyclic) bond motifs is 1. The topological polar surface area (TPSA) is 90.4 Å². The van der Waals surface area contributed by atoms with Crippen molar-refractivity contribution in [2.45, 2.75) is 26.8 Å². The first-order valence-corrected chi connectivity index (χ1v) is 9.55. The molecule has 4 rings (SSSR count). The number of nitrogens with zero attached hydrogens (tertiary/aromatic N) is 3. The lowest BCUT2D eigenvalue weighted by atomic mass is 10.1. The SMILES string of the molecule is CCCOc1ccc(-c2noc(-c3c(O)c4ccccc4n(CC)c3=O)n2)cc1. The van der Waals surface area contributed by atoms with E-state index in [9.17, 15) is 9.90 Å². The molecule has 0 bridgehead atoms. The molecule has 1 N–H and O–H groups in total. The van der Waals surface area contributed by atoms with Gasteiger partial charge in [0.25, 0.3) is 11.4 Å². The largest absolute Gasteiger partial charge is 0.506 e. The molecule has 0 radical (unpaired) electrons. The quantitative estimate of drug-likeness (QED) is 0.529. The van der Waals surface area contributed by atoms with E-state index in [0.29, 0.717) is 29.9 Å². The molecule has 0 unspecified atom stereocenters. The van der Waals surface area contributed by atoms with Gasteiger partial charge in [-0.2, -0.15) is 4.98 Å². The molecule has 148 valence electrons. The number of aromatic hydroxyl groups is 1. The number of hydrogen-bond acceptors (Lipinski definition) is 6. The van der Waals surface area contributed by atoms with Gasteiger partial charge in [-0.3, -0.25) is 4.79 Å². The number of aryl methyl sites for hydroxylation is 1. The summed E-state index contributed by atoms with van der Waals surface area (Å²) in [5.74, 6) is 0.921. The smallest absolute Gasteiger partial charge is 0.267 e. The normalized spacial score (nSPS) is 11.1. The second kappa shape index (κ2) is 7.79. The minimum absolute atomic E-state index is 0.00667. The Hall–Kier alpha value is -3.61. The van der Waals surface area contributed by atoms with E-state index in [-0.39, 0.29) is 22.8 Å². The van der Waals surface area contributed by atoms with E-state index in [1.165, 1.54) is 0 Å². The summed E-state index contributed by atoms with van der Waals surface area (Å²) < 4.78 is 12.5. The molecule has 0 aliphatic rings. The molecule has 4 aromatic rings. The average molecular weight is 391 g/mol. The lowest BCUT2D eigenvalue weighted by molar-refractivity contribution is 0.317. The van der Waals surface area contributed by atoms with E-state index in [2.05, 4.69) is 10.1 Å². The van der Waals surface area contributed by atoms with Crippen LogP contribution in [0.25, 0.3) is 33.7 Å². The summed E-state index contributed by atoms with van der Waals surface area (Å²) >= 11 is 0. The maximum atomic E-state index is 13.0. The summed E-state index contributed by atoms with van der Waals surface area (Å²) in [5, 5.41) is 15.3. The molecule has 2 aromatic carbocycles. The minimum atomic E-state index is -0.373. The second-order valence-electron chi connectivity index (χ2n) is 6.59. The number of para-hydroxylation sites is 1. The summed E-state index contributed by atoms with van der Waals surface area (Å²) in [6.07, 6.45) is 0.931. The average Bonchev–Trinajstić information content (AvgIpc) is 3.23. The molecule has 0 aliphatic heterocycles. The second-order valence-corrected chi connectivity index (χ2v) is 6.59. The molecule has 0 saturated heterocycles. The number of hydrogen-bond donors (Lipinski definition) is 1. The van der Waals surface area contributed by atoms with Gasteiger partial charge in [0.1, 0.15) is 17.1 Å². The Morgan fingerprint density at radius 2 is 1.86 bits per heavy atom. The Kier molecular flexibility index (Phi) is 5.03. The lowest BCUT2D eigenvalue weighted by Crippen LogP contribution is -2.21. The molecule has 7 heteroatoms. The van der Waals surface area contributed by atoms with Crippen LogP contribution in [0.2, 0.25) is 0 Å². The molecular formula is C22H21N3O4. The van der Waals surface area contributed by atoms with Crippen molar-refractivity contribution in [3.05, 3.63) is 58.9 Å². The maximum Gasteiger partial charge on any atom is 0.267 e. The van der Waals surface area contributed by atoms with E-state index in [4.69, 9.17) is 9.26 Å². The highest BCUT2D eigenvalue weighted by Crippen LogP contribution is 2.33. The fraction of sp³-hybridized carbons (Fsp3) is 0.227. The molecular weight excluding hydrogens is 370 g/mol. The van der Waals surface area contributed by atoms with Gasteiger partial charge in [-0.1, -0.05) is 24.2 Å². The summed E-state index contributed by atoms with van der Waals surface area (Å²) in [7, 11) is 0. The highest BCUT2D eigenvalue weighted by atomic mass is 16.5. The van der Waals surface area contributed by atoms with Gasteiger partial charge in [0, 0.05) is 17.5 Å². The van der Waals surface area contributed by atoms with Crippen LogP contribution in [0.3, 0.4) is 0 Å². The predicted molar refractivity (Wildman–Crippen MR) is 110 cm³/mol. The monoisotopic (exact) mass is 391 g/mol. The van der Waals surface area contributed by atoms with Crippen molar-refractivity contribution in [1.82, 2.24) is 14.7 Å². The molecule has 0 fully saturated rings. The number of ether oxygens (including phenoxy) is 1. The zero-order chi connectivity index (χ0) is 20.4. The third-order valence-corrected chi connectivity index (χ3v) is 4.69. The van der Waals surface area contributed by atoms with Crippen molar-refractivity contribution in [1.29, 1.82) is 0 Å². The van der Waals surface area contributed by atoms with Crippen LogP contribution < -0.4 is 10.3 Å². The highest BCUT2D eigenvalue weighted by molar-refractivity contribution is 5.91. The maximum absolute atomic E-state index is 13.0. The van der Waals surface area contributed by atoms with Crippen molar-refractivity contribution in [3.8, 4) is 34.3 Å². The zero-order valence-electron chi connectivity index (χ0n) is 16.3. The summed E-state index contributed by atoms with van der Waals surface area (Å²) in [6, 6.07) is 14.5. The number of rotatable bonds is 6. The molecule has 0 spiro atoms. The van der Waals surface area contributed by atoms with Crippen molar-refractivity contribution < 1.29 is 14.4 Å². The first kappa shape index (κ1) is 18.7. The van der Waals surface area contributed by atoms with Gasteiger partial charge in [-0.15, -0.1) is 0 Å². The molecule has 0 aliphatic carbocycles. The van der Waals surface area contributed by atoms with Gasteiger partial charge >= 0.3 is 0 Å².